The van der Waals surface area contributed by atoms with Crippen LogP contribution in [0.4, 0.5) is 28.8 Å². The molecular formula is C37H52ClN10O2P15. The number of pyridine rings is 2. The lowest BCUT2D eigenvalue weighted by Gasteiger charge is -2.38. The van der Waals surface area contributed by atoms with Gasteiger partial charge in [0.1, 0.15) is 36.4 Å². The van der Waals surface area contributed by atoms with Gasteiger partial charge < -0.3 is 30.2 Å². The van der Waals surface area contributed by atoms with Crippen molar-refractivity contribution in [2.75, 3.05) is 25.3 Å². The van der Waals surface area contributed by atoms with E-state index in [1.807, 2.05) is 62.4 Å². The van der Waals surface area contributed by atoms with Crippen LogP contribution >= 0.6 is 133 Å². The van der Waals surface area contributed by atoms with Gasteiger partial charge in [-0.05, 0) is 80.0 Å². The first-order chi connectivity index (χ1) is 30.6. The lowest BCUT2D eigenvalue weighted by molar-refractivity contribution is 0.413. The Balaban J connectivity index is 0.000000313. The molecule has 0 saturated carbocycles. The molecule has 0 bridgehead atoms. The Morgan fingerprint density at radius 1 is 0.631 bits per heavy atom. The number of methoxy groups -OCH3 is 2. The predicted molar refractivity (Wildman–Crippen MR) is 325 cm³/mol. The van der Waals surface area contributed by atoms with Crippen LogP contribution in [0.15, 0.2) is 97.8 Å². The SMILES string of the molecule is C.COc1c(Cl)ncnc1-c1ccc(C)cc1.PPP(P)P(P(P)P)P(P(P)P)P(P)P.[C-]#[N+]c1ccc(N)cn1.[C-]#[N+]c1ccc(Nc2ncnc(-c3ccc(C)cc3)c2OC)cn1. The molecule has 28 heteroatoms. The molecule has 0 fully saturated rings. The van der Waals surface area contributed by atoms with E-state index in [1.165, 1.54) is 30.0 Å². The molecule has 0 aliphatic carbocycles. The van der Waals surface area contributed by atoms with Gasteiger partial charge in [0.05, 0.1) is 25.6 Å². The predicted octanol–water partition coefficient (Wildman–Crippen LogP) is 17.5. The van der Waals surface area contributed by atoms with Crippen molar-refractivity contribution in [3.8, 4) is 34.0 Å². The quantitative estimate of drug-likeness (QED) is 0.0691. The van der Waals surface area contributed by atoms with Gasteiger partial charge >= 0.3 is 0 Å². The standard InChI is InChI=1S/C18H15N5O.C12H11ClN2O.C6H5N3.CH4.H17P15/c1-12-4-6-13(7-5-12)16-17(24-3)18(22-11-21-16)23-14-8-9-15(19-2)20-10-14;1-8-3-5-9(6-4-8)10-11(16-2)12(13)15-7-14-10;1-8-6-3-2-5(7)4-9-6;;1-9-13(8)15(12(6)7)14(10(2)3)11(4)5/h4-11H,1,3H3,(H,21,22,23);3-7H,1-2H3;2-4H,7H2;1H4;9H,1-8H2. The summed E-state index contributed by atoms with van der Waals surface area (Å²) in [5.41, 5.74) is 12.3. The van der Waals surface area contributed by atoms with E-state index < -0.39 is 0 Å². The summed E-state index contributed by atoms with van der Waals surface area (Å²) in [6.07, 6.45) is 5.97. The zero-order chi connectivity index (χ0) is 47.3. The number of benzene rings is 2. The average Bonchev–Trinajstić information content (AvgIpc) is 3.29. The zero-order valence-corrected chi connectivity index (χ0v) is 51.2. The number of halogens is 1. The van der Waals surface area contributed by atoms with E-state index in [-0.39, 0.29) is 49.4 Å². The molecule has 4 heterocycles. The molecule has 6 rings (SSSR count). The lowest BCUT2D eigenvalue weighted by Crippen LogP contribution is -2.01. The maximum Gasteiger partial charge on any atom is 0.269 e. The molecular weight excluding hydrogens is 1120 g/mol. The number of nitrogens with zero attached hydrogens (tertiary/aromatic N) is 8. The third-order valence-electron chi connectivity index (χ3n) is 7.74. The van der Waals surface area contributed by atoms with Crippen LogP contribution in [0.25, 0.3) is 32.2 Å². The third-order valence-corrected chi connectivity index (χ3v) is 96.4. The Labute approximate surface area is 415 Å². The lowest BCUT2D eigenvalue weighted by atomic mass is 10.1. The highest BCUT2D eigenvalue weighted by Crippen LogP contribution is 3.22. The molecule has 11 atom stereocenters. The van der Waals surface area contributed by atoms with Crippen molar-refractivity contribution in [2.24, 2.45) is 0 Å². The van der Waals surface area contributed by atoms with Gasteiger partial charge in [0.2, 0.25) is 0 Å². The Morgan fingerprint density at radius 2 is 1.09 bits per heavy atom. The highest BCUT2D eigenvalue weighted by molar-refractivity contribution is 9.28. The van der Waals surface area contributed by atoms with Crippen LogP contribution in [-0.2, 0) is 0 Å². The van der Waals surface area contributed by atoms with Gasteiger partial charge in [-0.3, -0.25) is 0 Å². The van der Waals surface area contributed by atoms with Crippen molar-refractivity contribution in [3.05, 3.63) is 137 Å². The minimum atomic E-state index is 0. The second-order valence-electron chi connectivity index (χ2n) is 12.2. The van der Waals surface area contributed by atoms with Crippen LogP contribution in [0, 0.1) is 27.0 Å². The number of aromatic nitrogens is 6. The van der Waals surface area contributed by atoms with E-state index in [4.69, 9.17) is 40.0 Å². The van der Waals surface area contributed by atoms with E-state index >= 15 is 0 Å². The smallest absolute Gasteiger partial charge is 0.269 e. The van der Waals surface area contributed by atoms with Gasteiger partial charge in [-0.1, -0.05) is 99.8 Å². The number of ether oxygens (including phenoxy) is 2. The van der Waals surface area contributed by atoms with Crippen LogP contribution in [0.2, 0.25) is 5.15 Å². The summed E-state index contributed by atoms with van der Waals surface area (Å²) in [6, 6.07) is 22.7. The summed E-state index contributed by atoms with van der Waals surface area (Å²) in [5, 5.41) is 3.48. The number of nitrogens with two attached hydrogens (primary N) is 1. The Kier molecular flexibility index (Phi) is 30.6. The van der Waals surface area contributed by atoms with Crippen molar-refractivity contribution in [1.29, 1.82) is 0 Å². The number of nitrogens with one attached hydrogen (secondary N) is 1. The van der Waals surface area contributed by atoms with Gasteiger partial charge in [-0.25, -0.2) is 19.9 Å². The van der Waals surface area contributed by atoms with E-state index in [2.05, 4.69) is 116 Å². The van der Waals surface area contributed by atoms with Crippen LogP contribution in [0.3, 0.4) is 0 Å². The average molecular weight is 1170 g/mol. The maximum absolute atomic E-state index is 6.94. The molecule has 0 saturated heterocycles. The molecule has 0 amide bonds. The number of hydrogen-bond acceptors (Lipinski definition) is 10. The van der Waals surface area contributed by atoms with Crippen LogP contribution < -0.4 is 20.5 Å². The Hall–Kier alpha value is -0.180. The van der Waals surface area contributed by atoms with E-state index in [9.17, 15) is 0 Å². The van der Waals surface area contributed by atoms with Crippen LogP contribution in [0.1, 0.15) is 18.6 Å². The van der Waals surface area contributed by atoms with Gasteiger partial charge in [-0.15, -0.1) is 81.4 Å². The first-order valence-corrected chi connectivity index (χ1v) is 44.8. The molecule has 0 aliphatic heterocycles. The van der Waals surface area contributed by atoms with Crippen molar-refractivity contribution in [3.63, 3.8) is 0 Å². The first kappa shape index (κ1) is 60.9. The van der Waals surface area contributed by atoms with Crippen molar-refractivity contribution < 1.29 is 9.47 Å². The highest BCUT2D eigenvalue weighted by Gasteiger charge is 2.33. The summed E-state index contributed by atoms with van der Waals surface area (Å²) < 4.78 is 10.7. The molecule has 11 unspecified atom stereocenters. The molecule has 4 aromatic heterocycles. The summed E-state index contributed by atoms with van der Waals surface area (Å²) in [5.74, 6) is 2.32. The molecule has 2 aromatic carbocycles. The summed E-state index contributed by atoms with van der Waals surface area (Å²) in [7, 11) is 28.8. The summed E-state index contributed by atoms with van der Waals surface area (Å²) in [6.45, 7) is 18.4. The van der Waals surface area contributed by atoms with Gasteiger partial charge in [0, 0.05) is 11.1 Å². The monoisotopic (exact) mass is 1170 g/mol. The molecule has 0 radical (unpaired) electrons. The molecule has 6 aromatic rings. The summed E-state index contributed by atoms with van der Waals surface area (Å²) in [4.78, 5) is 30.8. The summed E-state index contributed by atoms with van der Waals surface area (Å²) >= 11 is 5.93. The molecule has 344 valence electrons. The molecule has 65 heavy (non-hydrogen) atoms. The van der Waals surface area contributed by atoms with Gasteiger partial charge in [-0.2, -0.15) is 0 Å². The number of aryl methyl sites for hydroxylation is 2. The Bertz CT molecular complexity index is 2430. The first-order valence-electron chi connectivity index (χ1n) is 17.8. The molecule has 0 aliphatic rings. The fraction of sp³-hybridized carbons (Fsp3) is 0.135. The van der Waals surface area contributed by atoms with E-state index in [1.54, 1.807) is 44.7 Å². The molecule has 0 spiro atoms. The van der Waals surface area contributed by atoms with Crippen molar-refractivity contribution in [1.82, 2.24) is 29.9 Å². The van der Waals surface area contributed by atoms with Crippen molar-refractivity contribution >= 4 is 162 Å². The zero-order valence-electron chi connectivity index (χ0n) is 34.9. The van der Waals surface area contributed by atoms with E-state index in [0.29, 0.717) is 56.9 Å². The molecule has 3 N–H and O–H groups in total. The second-order valence-corrected chi connectivity index (χ2v) is 68.5. The number of nitrogen functional groups attached to an aromatic ring is 1. The highest BCUT2D eigenvalue weighted by atomic mass is 35.5. The topological polar surface area (TPSA) is 143 Å². The fourth-order valence-corrected chi connectivity index (χ4v) is 161. The minimum Gasteiger partial charge on any atom is -0.491 e. The third kappa shape index (κ3) is 20.2. The number of rotatable bonds is 12. The van der Waals surface area contributed by atoms with Gasteiger partial charge in [0.25, 0.3) is 11.6 Å². The largest absolute Gasteiger partial charge is 0.491 e. The number of anilines is 3. The Morgan fingerprint density at radius 3 is 1.49 bits per heavy atom. The maximum atomic E-state index is 6.94. The van der Waals surface area contributed by atoms with Gasteiger partial charge in [0.15, 0.2) is 22.5 Å². The number of hydrogen-bond donors (Lipinski definition) is 2. The van der Waals surface area contributed by atoms with Crippen molar-refractivity contribution in [2.45, 2.75) is 21.3 Å². The normalized spacial score (nSPS) is 11.4. The van der Waals surface area contributed by atoms with Crippen LogP contribution in [-0.4, -0.2) is 44.1 Å². The van der Waals surface area contributed by atoms with Crippen LogP contribution in [0.5, 0.6) is 11.5 Å². The fourth-order valence-electron chi connectivity index (χ4n) is 4.80. The van der Waals surface area contributed by atoms with E-state index in [0.717, 1.165) is 19.1 Å². The second kappa shape index (κ2) is 32.7. The minimum absolute atomic E-state index is 0. The molecule has 12 nitrogen and oxygen atoms in total.